The molecule has 1 amide bonds. The van der Waals surface area contributed by atoms with Crippen molar-refractivity contribution in [1.82, 2.24) is 15.5 Å². The van der Waals surface area contributed by atoms with Gasteiger partial charge in [-0.2, -0.15) is 0 Å². The lowest BCUT2D eigenvalue weighted by atomic mass is 10.0. The number of methoxy groups -OCH3 is 1. The summed E-state index contributed by atoms with van der Waals surface area (Å²) in [4.78, 5) is 39.5. The van der Waals surface area contributed by atoms with E-state index in [1.54, 1.807) is 20.8 Å². The molecule has 9 nitrogen and oxygen atoms in total. The first-order chi connectivity index (χ1) is 14.5. The first kappa shape index (κ1) is 27.3. The Kier molecular flexibility index (Phi) is 12.0. The monoisotopic (exact) mass is 443 g/mol. The van der Waals surface area contributed by atoms with E-state index in [2.05, 4.69) is 15.5 Å². The standard InChI is InChI=1S/C22H41N3O6/c1-16(2)14-18(21(28)29-6)24-20(27)17(23-15-19(26)31-22(3,4)5)8-7-9-25-10-12-30-13-11-25/h16-18,23H,7-15H2,1-6H3,(H,24,27)/t17-,18-/m0/s1. The van der Waals surface area contributed by atoms with Gasteiger partial charge in [-0.3, -0.25) is 19.8 Å². The van der Waals surface area contributed by atoms with Gasteiger partial charge < -0.3 is 19.5 Å². The van der Waals surface area contributed by atoms with Gasteiger partial charge in [-0.25, -0.2) is 4.79 Å². The Hall–Kier alpha value is -1.71. The van der Waals surface area contributed by atoms with Gasteiger partial charge in [0.15, 0.2) is 0 Å². The van der Waals surface area contributed by atoms with Crippen LogP contribution in [0.25, 0.3) is 0 Å². The minimum Gasteiger partial charge on any atom is -0.467 e. The van der Waals surface area contributed by atoms with Crippen molar-refractivity contribution in [3.05, 3.63) is 0 Å². The highest BCUT2D eigenvalue weighted by Gasteiger charge is 2.27. The molecule has 0 aliphatic carbocycles. The van der Waals surface area contributed by atoms with Crippen LogP contribution < -0.4 is 10.6 Å². The molecule has 31 heavy (non-hydrogen) atoms. The summed E-state index contributed by atoms with van der Waals surface area (Å²) in [5.74, 6) is -1.01. The molecule has 1 saturated heterocycles. The molecule has 1 rings (SSSR count). The summed E-state index contributed by atoms with van der Waals surface area (Å²) in [6, 6.07) is -1.34. The number of amides is 1. The van der Waals surface area contributed by atoms with E-state index >= 15 is 0 Å². The molecule has 1 fully saturated rings. The molecule has 1 aliphatic heterocycles. The maximum absolute atomic E-state index is 13.0. The largest absolute Gasteiger partial charge is 0.467 e. The molecule has 0 bridgehead atoms. The third-order valence-electron chi connectivity index (χ3n) is 4.81. The third-order valence-corrected chi connectivity index (χ3v) is 4.81. The molecule has 0 spiro atoms. The van der Waals surface area contributed by atoms with Gasteiger partial charge in [0.05, 0.1) is 32.9 Å². The van der Waals surface area contributed by atoms with Gasteiger partial charge >= 0.3 is 11.9 Å². The van der Waals surface area contributed by atoms with Gasteiger partial charge in [0.1, 0.15) is 11.6 Å². The molecule has 9 heteroatoms. The Balaban J connectivity index is 2.71. The number of ether oxygens (including phenoxy) is 3. The van der Waals surface area contributed by atoms with Crippen molar-refractivity contribution in [2.24, 2.45) is 5.92 Å². The Morgan fingerprint density at radius 3 is 2.29 bits per heavy atom. The van der Waals surface area contributed by atoms with Crippen LogP contribution in [-0.2, 0) is 28.6 Å². The van der Waals surface area contributed by atoms with E-state index < -0.39 is 29.6 Å². The van der Waals surface area contributed by atoms with Crippen LogP contribution in [0.4, 0.5) is 0 Å². The molecule has 1 aliphatic rings. The fourth-order valence-corrected chi connectivity index (χ4v) is 3.35. The first-order valence-electron chi connectivity index (χ1n) is 11.2. The highest BCUT2D eigenvalue weighted by Crippen LogP contribution is 2.10. The highest BCUT2D eigenvalue weighted by atomic mass is 16.6. The first-order valence-corrected chi connectivity index (χ1v) is 11.2. The number of carbonyl (C=O) groups excluding carboxylic acids is 3. The van der Waals surface area contributed by atoms with E-state index in [0.29, 0.717) is 12.8 Å². The summed E-state index contributed by atoms with van der Waals surface area (Å²) >= 11 is 0. The van der Waals surface area contributed by atoms with Gasteiger partial charge in [-0.05, 0) is 52.5 Å². The van der Waals surface area contributed by atoms with Crippen LogP contribution in [0.1, 0.15) is 53.9 Å². The molecular formula is C22H41N3O6. The number of hydrogen-bond donors (Lipinski definition) is 2. The van der Waals surface area contributed by atoms with Crippen LogP contribution in [0.2, 0.25) is 0 Å². The predicted molar refractivity (Wildman–Crippen MR) is 118 cm³/mol. The topological polar surface area (TPSA) is 106 Å². The molecule has 180 valence electrons. The number of nitrogens with zero attached hydrogens (tertiary/aromatic N) is 1. The van der Waals surface area contributed by atoms with Gasteiger partial charge in [0, 0.05) is 13.1 Å². The molecule has 1 heterocycles. The molecular weight excluding hydrogens is 402 g/mol. The fourth-order valence-electron chi connectivity index (χ4n) is 3.35. The maximum atomic E-state index is 13.0. The minimum atomic E-state index is -0.720. The Morgan fingerprint density at radius 2 is 1.74 bits per heavy atom. The normalized spacial score (nSPS) is 17.1. The Bertz CT molecular complexity index is 570. The number of nitrogens with one attached hydrogen (secondary N) is 2. The van der Waals surface area contributed by atoms with Crippen LogP contribution in [0.15, 0.2) is 0 Å². The average molecular weight is 444 g/mol. The van der Waals surface area contributed by atoms with Crippen LogP contribution in [0.3, 0.4) is 0 Å². The van der Waals surface area contributed by atoms with Crippen molar-refractivity contribution >= 4 is 17.8 Å². The number of carbonyl (C=O) groups is 3. The van der Waals surface area contributed by atoms with Crippen LogP contribution in [-0.4, -0.2) is 86.9 Å². The summed E-state index contributed by atoms with van der Waals surface area (Å²) < 4.78 is 15.5. The second-order valence-electron chi connectivity index (χ2n) is 9.33. The lowest BCUT2D eigenvalue weighted by molar-refractivity contribution is -0.154. The summed E-state index contributed by atoms with van der Waals surface area (Å²) in [6.07, 6.45) is 1.78. The molecule has 0 aromatic carbocycles. The molecule has 0 radical (unpaired) electrons. The third kappa shape index (κ3) is 12.0. The number of hydrogen-bond acceptors (Lipinski definition) is 8. The molecule has 2 atom stereocenters. The van der Waals surface area contributed by atoms with E-state index in [0.717, 1.165) is 39.3 Å². The Morgan fingerprint density at radius 1 is 1.10 bits per heavy atom. The zero-order chi connectivity index (χ0) is 23.4. The van der Waals surface area contributed by atoms with Gasteiger partial charge in [-0.15, -0.1) is 0 Å². The van der Waals surface area contributed by atoms with Gasteiger partial charge in [0.25, 0.3) is 0 Å². The fraction of sp³-hybridized carbons (Fsp3) is 0.864. The van der Waals surface area contributed by atoms with Crippen LogP contribution in [0.5, 0.6) is 0 Å². The smallest absolute Gasteiger partial charge is 0.328 e. The van der Waals surface area contributed by atoms with E-state index in [-0.39, 0.29) is 18.4 Å². The summed E-state index contributed by atoms with van der Waals surface area (Å²) in [5, 5.41) is 5.81. The second-order valence-corrected chi connectivity index (χ2v) is 9.33. The van der Waals surface area contributed by atoms with E-state index in [1.807, 2.05) is 13.8 Å². The average Bonchev–Trinajstić information content (AvgIpc) is 2.68. The van der Waals surface area contributed by atoms with E-state index in [1.165, 1.54) is 7.11 Å². The van der Waals surface area contributed by atoms with Gasteiger partial charge in [-0.1, -0.05) is 13.8 Å². The summed E-state index contributed by atoms with van der Waals surface area (Å²) in [7, 11) is 1.31. The molecule has 0 unspecified atom stereocenters. The minimum absolute atomic E-state index is 0.0834. The maximum Gasteiger partial charge on any atom is 0.328 e. The number of esters is 2. The van der Waals surface area contributed by atoms with Gasteiger partial charge in [0.2, 0.25) is 5.91 Å². The van der Waals surface area contributed by atoms with Crippen molar-refractivity contribution in [2.75, 3.05) is 46.5 Å². The predicted octanol–water partition coefficient (Wildman–Crippen LogP) is 1.10. The summed E-state index contributed by atoms with van der Waals surface area (Å²) in [5.41, 5.74) is -0.597. The highest BCUT2D eigenvalue weighted by molar-refractivity contribution is 5.88. The molecule has 0 aromatic heterocycles. The zero-order valence-corrected chi connectivity index (χ0v) is 20.0. The molecule has 2 N–H and O–H groups in total. The zero-order valence-electron chi connectivity index (χ0n) is 20.0. The van der Waals surface area contributed by atoms with Crippen LogP contribution in [0, 0.1) is 5.92 Å². The quantitative estimate of drug-likeness (QED) is 0.432. The van der Waals surface area contributed by atoms with Crippen molar-refractivity contribution < 1.29 is 28.6 Å². The van der Waals surface area contributed by atoms with Crippen molar-refractivity contribution in [3.63, 3.8) is 0 Å². The lowest BCUT2D eigenvalue weighted by Gasteiger charge is -2.28. The second kappa shape index (κ2) is 13.6. The lowest BCUT2D eigenvalue weighted by Crippen LogP contribution is -2.52. The van der Waals surface area contributed by atoms with Crippen molar-refractivity contribution in [3.8, 4) is 0 Å². The molecule has 0 saturated carbocycles. The summed E-state index contributed by atoms with van der Waals surface area (Å²) in [6.45, 7) is 13.3. The van der Waals surface area contributed by atoms with Crippen molar-refractivity contribution in [2.45, 2.75) is 71.6 Å². The van der Waals surface area contributed by atoms with E-state index in [4.69, 9.17) is 14.2 Å². The number of morpholine rings is 1. The van der Waals surface area contributed by atoms with Crippen LogP contribution >= 0.6 is 0 Å². The SMILES string of the molecule is COC(=O)[C@H](CC(C)C)NC(=O)[C@H](CCCN1CCOCC1)NCC(=O)OC(C)(C)C. The Labute approximate surface area is 186 Å². The van der Waals surface area contributed by atoms with E-state index in [9.17, 15) is 14.4 Å². The molecule has 0 aromatic rings. The number of rotatable bonds is 12. The van der Waals surface area contributed by atoms with Crippen molar-refractivity contribution in [1.29, 1.82) is 0 Å².